The van der Waals surface area contributed by atoms with Gasteiger partial charge in [0.05, 0.1) is 18.7 Å². The van der Waals surface area contributed by atoms with E-state index in [2.05, 4.69) is 34.3 Å². The summed E-state index contributed by atoms with van der Waals surface area (Å²) in [5, 5.41) is 10.1. The van der Waals surface area contributed by atoms with Crippen molar-refractivity contribution in [3.8, 4) is 22.9 Å². The number of hydrogen-bond donors (Lipinski definition) is 2. The predicted molar refractivity (Wildman–Crippen MR) is 111 cm³/mol. The van der Waals surface area contributed by atoms with Crippen LogP contribution in [0, 0.1) is 5.92 Å². The second-order valence-electron chi connectivity index (χ2n) is 6.73. The molecule has 0 aliphatic carbocycles. The second-order valence-corrected chi connectivity index (χ2v) is 6.73. The number of methoxy groups -OCH3 is 1. The highest BCUT2D eigenvalue weighted by Crippen LogP contribution is 2.23. The topological polar surface area (TPSA) is 79.5 Å². The standard InChI is InChI=1S/C21H32N4O3/c1-5-25(6-2)13-7-12-22-21(26)16(3)15-28-20-14-19(23-24-20)17-8-10-18(27-4)11-9-17/h8-11,14,16H,5-7,12-13,15H2,1-4H3,(H,22,26)(H,23,24). The van der Waals surface area contributed by atoms with Crippen LogP contribution < -0.4 is 14.8 Å². The Morgan fingerprint density at radius 2 is 1.96 bits per heavy atom. The number of nitrogens with one attached hydrogen (secondary N) is 2. The van der Waals surface area contributed by atoms with E-state index in [1.54, 1.807) is 7.11 Å². The maximum atomic E-state index is 12.2. The number of aromatic nitrogens is 2. The summed E-state index contributed by atoms with van der Waals surface area (Å²) in [4.78, 5) is 14.5. The SMILES string of the molecule is CCN(CC)CCCNC(=O)C(C)COc1cc(-c2ccc(OC)cc2)[nH]n1. The van der Waals surface area contributed by atoms with E-state index < -0.39 is 0 Å². The molecule has 0 fully saturated rings. The van der Waals surface area contributed by atoms with Gasteiger partial charge in [0.1, 0.15) is 12.4 Å². The van der Waals surface area contributed by atoms with Gasteiger partial charge in [0, 0.05) is 12.6 Å². The highest BCUT2D eigenvalue weighted by molar-refractivity contribution is 5.78. The number of rotatable bonds is 12. The fourth-order valence-electron chi connectivity index (χ4n) is 2.81. The number of ether oxygens (including phenoxy) is 2. The van der Waals surface area contributed by atoms with Crippen LogP contribution in [0.4, 0.5) is 0 Å². The minimum atomic E-state index is -0.241. The molecule has 7 heteroatoms. The first-order valence-corrected chi connectivity index (χ1v) is 9.90. The van der Waals surface area contributed by atoms with Crippen molar-refractivity contribution in [2.45, 2.75) is 27.2 Å². The molecule has 1 amide bonds. The number of benzene rings is 1. The van der Waals surface area contributed by atoms with Crippen molar-refractivity contribution in [3.63, 3.8) is 0 Å². The molecule has 2 N–H and O–H groups in total. The molecule has 0 aliphatic heterocycles. The summed E-state index contributed by atoms with van der Waals surface area (Å²) in [6.07, 6.45) is 0.950. The Morgan fingerprint density at radius 1 is 1.25 bits per heavy atom. The highest BCUT2D eigenvalue weighted by Gasteiger charge is 2.14. The number of carbonyl (C=O) groups excluding carboxylic acids is 1. The molecule has 1 atom stereocenters. The number of nitrogens with zero attached hydrogens (tertiary/aromatic N) is 2. The number of amides is 1. The molecular weight excluding hydrogens is 356 g/mol. The zero-order chi connectivity index (χ0) is 20.4. The first-order valence-electron chi connectivity index (χ1n) is 9.90. The van der Waals surface area contributed by atoms with Crippen molar-refractivity contribution >= 4 is 5.91 Å². The van der Waals surface area contributed by atoms with Crippen LogP contribution in [0.2, 0.25) is 0 Å². The van der Waals surface area contributed by atoms with Crippen LogP contribution in [-0.2, 0) is 4.79 Å². The molecule has 0 saturated heterocycles. The number of carbonyl (C=O) groups is 1. The fraction of sp³-hybridized carbons (Fsp3) is 0.524. The zero-order valence-corrected chi connectivity index (χ0v) is 17.3. The Bertz CT molecular complexity index is 711. The molecule has 154 valence electrons. The Kier molecular flexibility index (Phi) is 8.81. The largest absolute Gasteiger partial charge is 0.497 e. The Labute approximate surface area is 167 Å². The summed E-state index contributed by atoms with van der Waals surface area (Å²) < 4.78 is 10.8. The van der Waals surface area contributed by atoms with E-state index in [0.29, 0.717) is 12.4 Å². The summed E-state index contributed by atoms with van der Waals surface area (Å²) in [6.45, 7) is 10.2. The van der Waals surface area contributed by atoms with Crippen LogP contribution in [0.15, 0.2) is 30.3 Å². The molecule has 1 aromatic heterocycles. The Morgan fingerprint density at radius 3 is 2.61 bits per heavy atom. The predicted octanol–water partition coefficient (Wildman–Crippen LogP) is 2.95. The molecule has 1 aromatic carbocycles. The highest BCUT2D eigenvalue weighted by atomic mass is 16.5. The van der Waals surface area contributed by atoms with Gasteiger partial charge >= 0.3 is 0 Å². The van der Waals surface area contributed by atoms with Gasteiger partial charge in [-0.1, -0.05) is 20.8 Å². The lowest BCUT2D eigenvalue weighted by molar-refractivity contribution is -0.125. The minimum absolute atomic E-state index is 0.00506. The maximum absolute atomic E-state index is 12.2. The van der Waals surface area contributed by atoms with E-state index in [0.717, 1.165) is 43.1 Å². The molecule has 0 aliphatic rings. The first kappa shape index (κ1) is 21.8. The number of aromatic amines is 1. The van der Waals surface area contributed by atoms with Gasteiger partial charge in [-0.05, 0) is 55.9 Å². The maximum Gasteiger partial charge on any atom is 0.233 e. The fourth-order valence-corrected chi connectivity index (χ4v) is 2.81. The van der Waals surface area contributed by atoms with E-state index in [1.807, 2.05) is 37.3 Å². The molecule has 1 heterocycles. The van der Waals surface area contributed by atoms with Crippen molar-refractivity contribution in [1.82, 2.24) is 20.4 Å². The lowest BCUT2D eigenvalue weighted by Gasteiger charge is -2.18. The van der Waals surface area contributed by atoms with Crippen LogP contribution in [-0.4, -0.2) is 60.9 Å². The molecule has 0 spiro atoms. The van der Waals surface area contributed by atoms with Crippen molar-refractivity contribution in [2.24, 2.45) is 5.92 Å². The van der Waals surface area contributed by atoms with Gasteiger partial charge in [-0.25, -0.2) is 0 Å². The molecule has 28 heavy (non-hydrogen) atoms. The van der Waals surface area contributed by atoms with Gasteiger partial charge in [0.15, 0.2) is 0 Å². The zero-order valence-electron chi connectivity index (χ0n) is 17.3. The number of hydrogen-bond acceptors (Lipinski definition) is 5. The normalized spacial score (nSPS) is 12.0. The van der Waals surface area contributed by atoms with Crippen molar-refractivity contribution in [3.05, 3.63) is 30.3 Å². The van der Waals surface area contributed by atoms with Gasteiger partial charge < -0.3 is 19.7 Å². The van der Waals surface area contributed by atoms with E-state index in [1.165, 1.54) is 0 Å². The first-order chi connectivity index (χ1) is 13.6. The molecule has 2 rings (SSSR count). The second kappa shape index (κ2) is 11.3. The lowest BCUT2D eigenvalue weighted by atomic mass is 10.1. The molecule has 0 saturated carbocycles. The summed E-state index contributed by atoms with van der Waals surface area (Å²) in [6, 6.07) is 9.51. The quantitative estimate of drug-likeness (QED) is 0.547. The third-order valence-electron chi connectivity index (χ3n) is 4.73. The molecule has 0 bridgehead atoms. The smallest absolute Gasteiger partial charge is 0.233 e. The molecule has 2 aromatic rings. The molecule has 7 nitrogen and oxygen atoms in total. The van der Waals surface area contributed by atoms with Crippen molar-refractivity contribution < 1.29 is 14.3 Å². The Balaban J connectivity index is 1.74. The third-order valence-corrected chi connectivity index (χ3v) is 4.73. The van der Waals surface area contributed by atoms with Gasteiger partial charge in [-0.2, -0.15) is 0 Å². The summed E-state index contributed by atoms with van der Waals surface area (Å²) in [5.41, 5.74) is 1.84. The van der Waals surface area contributed by atoms with Crippen LogP contribution in [0.3, 0.4) is 0 Å². The van der Waals surface area contributed by atoms with E-state index in [4.69, 9.17) is 9.47 Å². The van der Waals surface area contributed by atoms with E-state index in [9.17, 15) is 4.79 Å². The van der Waals surface area contributed by atoms with Gasteiger partial charge in [-0.15, -0.1) is 5.10 Å². The summed E-state index contributed by atoms with van der Waals surface area (Å²) in [7, 11) is 1.64. The van der Waals surface area contributed by atoms with Crippen LogP contribution in [0.1, 0.15) is 27.2 Å². The molecule has 1 unspecified atom stereocenters. The van der Waals surface area contributed by atoms with E-state index >= 15 is 0 Å². The monoisotopic (exact) mass is 388 g/mol. The molecule has 0 radical (unpaired) electrons. The van der Waals surface area contributed by atoms with Gasteiger partial charge in [0.25, 0.3) is 0 Å². The average molecular weight is 389 g/mol. The lowest BCUT2D eigenvalue weighted by Crippen LogP contribution is -2.34. The van der Waals surface area contributed by atoms with Crippen LogP contribution in [0.25, 0.3) is 11.3 Å². The minimum Gasteiger partial charge on any atom is -0.497 e. The van der Waals surface area contributed by atoms with Gasteiger partial charge in [0.2, 0.25) is 11.8 Å². The van der Waals surface area contributed by atoms with Crippen molar-refractivity contribution in [2.75, 3.05) is 39.9 Å². The Hall–Kier alpha value is -2.54. The third kappa shape index (κ3) is 6.56. The van der Waals surface area contributed by atoms with Crippen molar-refractivity contribution in [1.29, 1.82) is 0 Å². The van der Waals surface area contributed by atoms with Crippen LogP contribution >= 0.6 is 0 Å². The summed E-state index contributed by atoms with van der Waals surface area (Å²) >= 11 is 0. The van der Waals surface area contributed by atoms with E-state index in [-0.39, 0.29) is 18.4 Å². The average Bonchev–Trinajstić information content (AvgIpc) is 3.21. The van der Waals surface area contributed by atoms with Gasteiger partial charge in [-0.3, -0.25) is 9.89 Å². The van der Waals surface area contributed by atoms with Crippen LogP contribution in [0.5, 0.6) is 11.6 Å². The number of H-pyrrole nitrogens is 1. The molecular formula is C21H32N4O3. The summed E-state index contributed by atoms with van der Waals surface area (Å²) in [5.74, 6) is 1.05.